The third-order valence-electron chi connectivity index (χ3n) is 3.08. The Labute approximate surface area is 122 Å². The second-order valence-electron chi connectivity index (χ2n) is 4.40. The molecule has 0 radical (unpaired) electrons. The van der Waals surface area contributed by atoms with E-state index in [1.54, 1.807) is 6.26 Å². The van der Waals surface area contributed by atoms with Crippen molar-refractivity contribution in [2.45, 2.75) is 20.0 Å². The van der Waals surface area contributed by atoms with E-state index >= 15 is 0 Å². The van der Waals surface area contributed by atoms with E-state index in [4.69, 9.17) is 4.42 Å². The fourth-order valence-electron chi connectivity index (χ4n) is 2.04. The van der Waals surface area contributed by atoms with Gasteiger partial charge < -0.3 is 14.6 Å². The normalized spacial score (nSPS) is 10.7. The lowest BCUT2D eigenvalue weighted by molar-refractivity contribution is 0.503. The average molecular weight is 323 g/mol. The molecule has 0 spiro atoms. The third kappa shape index (κ3) is 3.61. The van der Waals surface area contributed by atoms with Crippen molar-refractivity contribution in [3.8, 4) is 0 Å². The predicted octanol–water partition coefficient (Wildman–Crippen LogP) is 3.79. The largest absolute Gasteiger partial charge is 0.467 e. The van der Waals surface area contributed by atoms with Crippen LogP contribution in [0, 0.1) is 0 Å². The van der Waals surface area contributed by atoms with E-state index in [-0.39, 0.29) is 0 Å². The van der Waals surface area contributed by atoms with Crippen molar-refractivity contribution >= 4 is 21.6 Å². The van der Waals surface area contributed by atoms with Gasteiger partial charge in [0.15, 0.2) is 0 Å². The lowest BCUT2D eigenvalue weighted by atomic mass is 10.2. The molecule has 3 nitrogen and oxygen atoms in total. The highest BCUT2D eigenvalue weighted by atomic mass is 79.9. The molecule has 0 atom stereocenters. The topological polar surface area (TPSA) is 28.4 Å². The second kappa shape index (κ2) is 6.78. The highest BCUT2D eigenvalue weighted by Gasteiger charge is 2.09. The molecule has 1 aromatic heterocycles. The molecule has 1 N–H and O–H groups in total. The quantitative estimate of drug-likeness (QED) is 0.877. The Kier molecular flexibility index (Phi) is 5.05. The Morgan fingerprint density at radius 1 is 1.32 bits per heavy atom. The highest BCUT2D eigenvalue weighted by molar-refractivity contribution is 9.10. The predicted molar refractivity (Wildman–Crippen MR) is 82.3 cm³/mol. The summed E-state index contributed by atoms with van der Waals surface area (Å²) in [5.41, 5.74) is 2.46. The lowest BCUT2D eigenvalue weighted by Gasteiger charge is -2.22. The summed E-state index contributed by atoms with van der Waals surface area (Å²) in [5, 5.41) is 3.17. The maximum Gasteiger partial charge on any atom is 0.123 e. The molecule has 0 fully saturated rings. The van der Waals surface area contributed by atoms with E-state index in [1.165, 1.54) is 11.3 Å². The first-order valence-corrected chi connectivity index (χ1v) is 7.24. The van der Waals surface area contributed by atoms with Crippen LogP contribution in [0.2, 0.25) is 0 Å². The summed E-state index contributed by atoms with van der Waals surface area (Å²) in [4.78, 5) is 2.28. The van der Waals surface area contributed by atoms with Gasteiger partial charge in [-0.3, -0.25) is 0 Å². The summed E-state index contributed by atoms with van der Waals surface area (Å²) in [7, 11) is 1.95. The van der Waals surface area contributed by atoms with Crippen LogP contribution < -0.4 is 10.2 Å². The summed E-state index contributed by atoms with van der Waals surface area (Å²) in [6.45, 7) is 4.75. The average Bonchev–Trinajstić information content (AvgIpc) is 2.91. The van der Waals surface area contributed by atoms with E-state index in [0.29, 0.717) is 0 Å². The Morgan fingerprint density at radius 3 is 2.74 bits per heavy atom. The van der Waals surface area contributed by atoms with Gasteiger partial charge in [0.05, 0.1) is 12.8 Å². The van der Waals surface area contributed by atoms with Gasteiger partial charge >= 0.3 is 0 Å². The van der Waals surface area contributed by atoms with Gasteiger partial charge in [-0.25, -0.2) is 0 Å². The molecule has 1 heterocycles. The molecule has 0 saturated carbocycles. The SMILES string of the molecule is CCN(Cc1ccco1)c1ccc(CNC)c(Br)c1. The molecule has 0 aliphatic carbocycles. The summed E-state index contributed by atoms with van der Waals surface area (Å²) in [5.74, 6) is 0.984. The maximum atomic E-state index is 5.42. The molecule has 2 rings (SSSR count). The molecule has 2 aromatic rings. The number of anilines is 1. The van der Waals surface area contributed by atoms with Crippen molar-refractivity contribution in [2.24, 2.45) is 0 Å². The molecule has 1 aromatic carbocycles. The molecular weight excluding hydrogens is 304 g/mol. The number of furan rings is 1. The molecule has 0 aliphatic rings. The van der Waals surface area contributed by atoms with Crippen LogP contribution in [0.25, 0.3) is 0 Å². The molecule has 0 aliphatic heterocycles. The number of nitrogens with zero attached hydrogens (tertiary/aromatic N) is 1. The summed E-state index contributed by atoms with van der Waals surface area (Å²) in [6.07, 6.45) is 1.72. The first-order valence-electron chi connectivity index (χ1n) is 6.45. The number of hydrogen-bond acceptors (Lipinski definition) is 3. The van der Waals surface area contributed by atoms with Crippen LogP contribution in [-0.4, -0.2) is 13.6 Å². The molecule has 0 amide bonds. The van der Waals surface area contributed by atoms with Crippen LogP contribution in [0.4, 0.5) is 5.69 Å². The zero-order chi connectivity index (χ0) is 13.7. The van der Waals surface area contributed by atoms with E-state index in [2.05, 4.69) is 51.3 Å². The van der Waals surface area contributed by atoms with Crippen molar-refractivity contribution in [1.82, 2.24) is 5.32 Å². The highest BCUT2D eigenvalue weighted by Crippen LogP contribution is 2.25. The van der Waals surface area contributed by atoms with Gasteiger partial charge in [-0.2, -0.15) is 0 Å². The van der Waals surface area contributed by atoms with Gasteiger partial charge in [-0.1, -0.05) is 22.0 Å². The van der Waals surface area contributed by atoms with Crippen LogP contribution >= 0.6 is 15.9 Å². The monoisotopic (exact) mass is 322 g/mol. The number of nitrogens with one attached hydrogen (secondary N) is 1. The molecule has 4 heteroatoms. The first-order chi connectivity index (χ1) is 9.24. The molecule has 102 valence electrons. The number of halogens is 1. The minimum Gasteiger partial charge on any atom is -0.467 e. The fraction of sp³-hybridized carbons (Fsp3) is 0.333. The van der Waals surface area contributed by atoms with Gasteiger partial charge in [0, 0.05) is 23.2 Å². The Hall–Kier alpha value is -1.26. The standard InChI is InChI=1S/C15H19BrN2O/c1-3-18(11-14-5-4-8-19-14)13-7-6-12(10-17-2)15(16)9-13/h4-9,17H,3,10-11H2,1-2H3. The van der Waals surface area contributed by atoms with Crippen LogP contribution in [-0.2, 0) is 13.1 Å². The maximum absolute atomic E-state index is 5.42. The van der Waals surface area contributed by atoms with E-state index < -0.39 is 0 Å². The summed E-state index contributed by atoms with van der Waals surface area (Å²) < 4.78 is 6.55. The van der Waals surface area contributed by atoms with Gasteiger partial charge in [0.2, 0.25) is 0 Å². The molecule has 0 unspecified atom stereocenters. The third-order valence-corrected chi connectivity index (χ3v) is 3.82. The number of hydrogen-bond donors (Lipinski definition) is 1. The minimum atomic E-state index is 0.793. The first kappa shape index (κ1) is 14.2. The molecule has 0 bridgehead atoms. The number of benzene rings is 1. The lowest BCUT2D eigenvalue weighted by Crippen LogP contribution is -2.21. The van der Waals surface area contributed by atoms with Crippen LogP contribution in [0.5, 0.6) is 0 Å². The Morgan fingerprint density at radius 2 is 2.16 bits per heavy atom. The molecule has 0 saturated heterocycles. The van der Waals surface area contributed by atoms with Crippen molar-refractivity contribution in [1.29, 1.82) is 0 Å². The van der Waals surface area contributed by atoms with Gasteiger partial charge in [0.25, 0.3) is 0 Å². The fourth-order valence-corrected chi connectivity index (χ4v) is 2.55. The van der Waals surface area contributed by atoms with Gasteiger partial charge in [-0.15, -0.1) is 0 Å². The summed E-state index contributed by atoms with van der Waals surface area (Å²) >= 11 is 3.63. The zero-order valence-electron chi connectivity index (χ0n) is 11.3. The zero-order valence-corrected chi connectivity index (χ0v) is 12.9. The summed E-state index contributed by atoms with van der Waals surface area (Å²) in [6, 6.07) is 10.4. The smallest absolute Gasteiger partial charge is 0.123 e. The Balaban J connectivity index is 2.16. The van der Waals surface area contributed by atoms with Crippen molar-refractivity contribution in [2.75, 3.05) is 18.5 Å². The Bertz CT molecular complexity index is 511. The molecular formula is C15H19BrN2O. The van der Waals surface area contributed by atoms with Crippen molar-refractivity contribution < 1.29 is 4.42 Å². The van der Waals surface area contributed by atoms with Gasteiger partial charge in [-0.05, 0) is 43.8 Å². The van der Waals surface area contributed by atoms with Crippen LogP contribution in [0.1, 0.15) is 18.2 Å². The van der Waals surface area contributed by atoms with Crippen LogP contribution in [0.3, 0.4) is 0 Å². The van der Waals surface area contributed by atoms with Crippen molar-refractivity contribution in [3.63, 3.8) is 0 Å². The van der Waals surface area contributed by atoms with E-state index in [9.17, 15) is 0 Å². The van der Waals surface area contributed by atoms with Gasteiger partial charge in [0.1, 0.15) is 5.76 Å². The minimum absolute atomic E-state index is 0.793. The number of rotatable bonds is 6. The van der Waals surface area contributed by atoms with E-state index in [1.807, 2.05) is 19.2 Å². The second-order valence-corrected chi connectivity index (χ2v) is 5.25. The van der Waals surface area contributed by atoms with Crippen LogP contribution in [0.15, 0.2) is 45.5 Å². The van der Waals surface area contributed by atoms with E-state index in [0.717, 1.165) is 29.9 Å². The molecule has 19 heavy (non-hydrogen) atoms. The van der Waals surface area contributed by atoms with Crippen molar-refractivity contribution in [3.05, 3.63) is 52.4 Å².